The summed E-state index contributed by atoms with van der Waals surface area (Å²) in [4.78, 5) is 37.0. The van der Waals surface area contributed by atoms with Gasteiger partial charge in [0.15, 0.2) is 6.10 Å². The second-order valence-electron chi connectivity index (χ2n) is 6.97. The van der Waals surface area contributed by atoms with Crippen LogP contribution < -0.4 is 10.9 Å². The highest BCUT2D eigenvalue weighted by Crippen LogP contribution is 2.15. The number of anilines is 1. The number of ether oxygens (including phenoxy) is 1. The summed E-state index contributed by atoms with van der Waals surface area (Å²) >= 11 is 0. The smallest absolute Gasteiger partial charge is 0.312 e. The predicted molar refractivity (Wildman–Crippen MR) is 107 cm³/mol. The van der Waals surface area contributed by atoms with Gasteiger partial charge in [0, 0.05) is 24.5 Å². The molecule has 3 aromatic rings. The van der Waals surface area contributed by atoms with E-state index in [1.54, 1.807) is 41.2 Å². The average Bonchev–Trinajstić information content (AvgIpc) is 3.14. The normalized spacial score (nSPS) is 12.2. The van der Waals surface area contributed by atoms with E-state index in [2.05, 4.69) is 15.5 Å². The number of carbonyl (C=O) groups excluding carboxylic acids is 2. The third kappa shape index (κ3) is 4.34. The first-order chi connectivity index (χ1) is 13.8. The van der Waals surface area contributed by atoms with Crippen LogP contribution in [0, 0.1) is 0 Å². The molecule has 29 heavy (non-hydrogen) atoms. The van der Waals surface area contributed by atoms with E-state index in [4.69, 9.17) is 4.74 Å². The van der Waals surface area contributed by atoms with Gasteiger partial charge in [0.2, 0.25) is 0 Å². The summed E-state index contributed by atoms with van der Waals surface area (Å²) in [7, 11) is 1.53. The molecule has 9 heteroatoms. The molecule has 9 nitrogen and oxygen atoms in total. The topological polar surface area (TPSA) is 108 Å². The lowest BCUT2D eigenvalue weighted by atomic mass is 10.1. The third-order valence-electron chi connectivity index (χ3n) is 4.43. The number of fused-ring (bicyclic) bond motifs is 1. The van der Waals surface area contributed by atoms with Crippen molar-refractivity contribution >= 4 is 28.5 Å². The fourth-order valence-electron chi connectivity index (χ4n) is 2.99. The summed E-state index contributed by atoms with van der Waals surface area (Å²) in [6.45, 7) is 5.38. The number of aryl methyl sites for hydroxylation is 1. The number of rotatable bonds is 6. The number of benzene rings is 1. The second kappa shape index (κ2) is 8.26. The van der Waals surface area contributed by atoms with E-state index >= 15 is 0 Å². The fraction of sp³-hybridized carbons (Fsp3) is 0.350. The molecule has 3 rings (SSSR count). The molecule has 0 aliphatic carbocycles. The molecule has 2 aromatic heterocycles. The van der Waals surface area contributed by atoms with Gasteiger partial charge in [-0.05, 0) is 26.8 Å². The molecule has 152 valence electrons. The van der Waals surface area contributed by atoms with Gasteiger partial charge in [-0.15, -0.1) is 0 Å². The fourth-order valence-corrected chi connectivity index (χ4v) is 2.99. The van der Waals surface area contributed by atoms with Gasteiger partial charge in [0.1, 0.15) is 5.82 Å². The van der Waals surface area contributed by atoms with Gasteiger partial charge in [0.25, 0.3) is 11.5 Å². The van der Waals surface area contributed by atoms with Gasteiger partial charge in [-0.3, -0.25) is 14.4 Å². The van der Waals surface area contributed by atoms with Crippen LogP contribution in [0.4, 0.5) is 5.82 Å². The van der Waals surface area contributed by atoms with Gasteiger partial charge in [-0.25, -0.2) is 9.36 Å². The van der Waals surface area contributed by atoms with Crippen molar-refractivity contribution in [2.75, 3.05) is 5.32 Å². The predicted octanol–water partition coefficient (Wildman–Crippen LogP) is 1.82. The van der Waals surface area contributed by atoms with Gasteiger partial charge < -0.3 is 10.1 Å². The largest absolute Gasteiger partial charge is 0.452 e. The zero-order valence-electron chi connectivity index (χ0n) is 16.7. The number of aromatic nitrogens is 4. The highest BCUT2D eigenvalue weighted by molar-refractivity contribution is 5.95. The molecule has 0 aliphatic heterocycles. The van der Waals surface area contributed by atoms with Crippen LogP contribution >= 0.6 is 0 Å². The standard InChI is InChI=1S/C20H23N5O4/c1-12(2)25-17(9-10-21-25)22-19(27)13(3)29-18(26)11-16-14-7-5-6-8-15(14)20(28)24(4)23-16/h5-10,12-13H,11H2,1-4H3,(H,22,27)/t13-/m1/s1. The average molecular weight is 397 g/mol. The maximum absolute atomic E-state index is 12.4. The Bertz CT molecular complexity index is 1120. The van der Waals surface area contributed by atoms with E-state index in [0.717, 1.165) is 0 Å². The first-order valence-electron chi connectivity index (χ1n) is 9.26. The minimum atomic E-state index is -1.00. The Kier molecular flexibility index (Phi) is 5.76. The van der Waals surface area contributed by atoms with Crippen molar-refractivity contribution in [1.29, 1.82) is 0 Å². The van der Waals surface area contributed by atoms with Crippen LogP contribution in [0.5, 0.6) is 0 Å². The number of amides is 1. The van der Waals surface area contributed by atoms with E-state index in [1.807, 2.05) is 13.8 Å². The number of esters is 1. The SMILES string of the molecule is CC(C)n1nccc1NC(=O)[C@@H](C)OC(=O)Cc1nn(C)c(=O)c2ccccc12. The minimum absolute atomic E-state index is 0.0715. The molecule has 1 amide bonds. The van der Waals surface area contributed by atoms with Crippen LogP contribution in [0.1, 0.15) is 32.5 Å². The zero-order valence-corrected chi connectivity index (χ0v) is 16.7. The Hall–Kier alpha value is -3.49. The summed E-state index contributed by atoms with van der Waals surface area (Å²) in [5.41, 5.74) is 0.172. The van der Waals surface area contributed by atoms with Gasteiger partial charge in [-0.1, -0.05) is 18.2 Å². The van der Waals surface area contributed by atoms with Gasteiger partial charge in [-0.2, -0.15) is 10.2 Å². The molecule has 0 bridgehead atoms. The van der Waals surface area contributed by atoms with Crippen molar-refractivity contribution in [3.05, 3.63) is 52.6 Å². The van der Waals surface area contributed by atoms with Crippen molar-refractivity contribution in [3.8, 4) is 0 Å². The molecule has 0 saturated heterocycles. The van der Waals surface area contributed by atoms with Gasteiger partial charge in [0.05, 0.1) is 23.7 Å². The highest BCUT2D eigenvalue weighted by Gasteiger charge is 2.21. The molecule has 2 heterocycles. The lowest BCUT2D eigenvalue weighted by molar-refractivity contribution is -0.152. The van der Waals surface area contributed by atoms with E-state index < -0.39 is 18.0 Å². The van der Waals surface area contributed by atoms with Crippen molar-refractivity contribution < 1.29 is 14.3 Å². The molecule has 0 aliphatic rings. The second-order valence-corrected chi connectivity index (χ2v) is 6.97. The molecule has 0 fully saturated rings. The van der Waals surface area contributed by atoms with Crippen molar-refractivity contribution in [3.63, 3.8) is 0 Å². The number of hydrogen-bond donors (Lipinski definition) is 1. The lowest BCUT2D eigenvalue weighted by Crippen LogP contribution is -2.32. The summed E-state index contributed by atoms with van der Waals surface area (Å²) in [6, 6.07) is 8.68. The maximum Gasteiger partial charge on any atom is 0.312 e. The molecule has 1 atom stereocenters. The van der Waals surface area contributed by atoms with Crippen molar-refractivity contribution in [2.24, 2.45) is 7.05 Å². The number of nitrogens with one attached hydrogen (secondary N) is 1. The summed E-state index contributed by atoms with van der Waals surface area (Å²) in [5.74, 6) is -0.543. The van der Waals surface area contributed by atoms with Crippen LogP contribution in [-0.4, -0.2) is 37.5 Å². The van der Waals surface area contributed by atoms with Crippen LogP contribution in [-0.2, 0) is 27.8 Å². The first-order valence-corrected chi connectivity index (χ1v) is 9.26. The van der Waals surface area contributed by atoms with Crippen LogP contribution in [0.15, 0.2) is 41.3 Å². The van der Waals surface area contributed by atoms with Crippen molar-refractivity contribution in [1.82, 2.24) is 19.6 Å². The number of hydrogen-bond acceptors (Lipinski definition) is 6. The molecule has 0 radical (unpaired) electrons. The Morgan fingerprint density at radius 1 is 1.14 bits per heavy atom. The zero-order chi connectivity index (χ0) is 21.1. The quantitative estimate of drug-likeness (QED) is 0.636. The minimum Gasteiger partial charge on any atom is -0.452 e. The molecule has 0 unspecified atom stereocenters. The maximum atomic E-state index is 12.4. The van der Waals surface area contributed by atoms with Crippen molar-refractivity contribution in [2.45, 2.75) is 39.3 Å². The number of nitrogens with zero attached hydrogens (tertiary/aromatic N) is 4. The summed E-state index contributed by atoms with van der Waals surface area (Å²) in [5, 5.41) is 12.1. The van der Waals surface area contributed by atoms with Crippen LogP contribution in [0.2, 0.25) is 0 Å². The molecule has 0 spiro atoms. The summed E-state index contributed by atoms with van der Waals surface area (Å²) in [6.07, 6.45) is 0.427. The Balaban J connectivity index is 1.70. The van der Waals surface area contributed by atoms with Crippen LogP contribution in [0.3, 0.4) is 0 Å². The Morgan fingerprint density at radius 3 is 2.52 bits per heavy atom. The van der Waals surface area contributed by atoms with E-state index in [9.17, 15) is 14.4 Å². The molecule has 1 N–H and O–H groups in total. The highest BCUT2D eigenvalue weighted by atomic mass is 16.5. The molecular weight excluding hydrogens is 374 g/mol. The third-order valence-corrected chi connectivity index (χ3v) is 4.43. The Morgan fingerprint density at radius 2 is 1.83 bits per heavy atom. The van der Waals surface area contributed by atoms with Crippen LogP contribution in [0.25, 0.3) is 10.8 Å². The van der Waals surface area contributed by atoms with Gasteiger partial charge >= 0.3 is 5.97 Å². The lowest BCUT2D eigenvalue weighted by Gasteiger charge is -2.16. The van der Waals surface area contributed by atoms with E-state index in [-0.39, 0.29) is 18.0 Å². The molecule has 0 saturated carbocycles. The number of carbonyl (C=O) groups is 2. The van der Waals surface area contributed by atoms with E-state index in [1.165, 1.54) is 18.7 Å². The molecule has 1 aromatic carbocycles. The monoisotopic (exact) mass is 397 g/mol. The summed E-state index contributed by atoms with van der Waals surface area (Å²) < 4.78 is 8.12. The Labute approximate surface area is 167 Å². The molecular formula is C20H23N5O4. The van der Waals surface area contributed by atoms with E-state index in [0.29, 0.717) is 22.3 Å². The first kappa shape index (κ1) is 20.2.